The van der Waals surface area contributed by atoms with Gasteiger partial charge in [0.1, 0.15) is 5.75 Å². The van der Waals surface area contributed by atoms with Crippen LogP contribution in [0.4, 0.5) is 0 Å². The van der Waals surface area contributed by atoms with E-state index in [1.54, 1.807) is 14.2 Å². The number of ether oxygens (including phenoxy) is 2. The second-order valence-corrected chi connectivity index (χ2v) is 6.42. The highest BCUT2D eigenvalue weighted by Crippen LogP contribution is 2.42. The monoisotopic (exact) mass is 277 g/mol. The van der Waals surface area contributed by atoms with E-state index in [0.29, 0.717) is 18.2 Å². The van der Waals surface area contributed by atoms with Gasteiger partial charge in [-0.05, 0) is 31.4 Å². The van der Waals surface area contributed by atoms with Gasteiger partial charge < -0.3 is 14.8 Å². The second-order valence-electron chi connectivity index (χ2n) is 6.42. The van der Waals surface area contributed by atoms with E-state index in [0.717, 1.165) is 18.6 Å². The number of benzene rings is 1. The second kappa shape index (κ2) is 6.15. The molecule has 0 radical (unpaired) electrons. The van der Waals surface area contributed by atoms with Gasteiger partial charge in [-0.25, -0.2) is 0 Å². The van der Waals surface area contributed by atoms with Crippen LogP contribution >= 0.6 is 0 Å². The van der Waals surface area contributed by atoms with Gasteiger partial charge in [0.05, 0.1) is 13.2 Å². The molecule has 0 bridgehead atoms. The third-order valence-corrected chi connectivity index (χ3v) is 4.67. The fraction of sp³-hybridized carbons (Fsp3) is 0.647. The van der Waals surface area contributed by atoms with Crippen molar-refractivity contribution in [2.24, 2.45) is 5.41 Å². The van der Waals surface area contributed by atoms with Crippen molar-refractivity contribution in [2.45, 2.75) is 51.8 Å². The molecule has 0 spiro atoms. The van der Waals surface area contributed by atoms with Crippen molar-refractivity contribution in [3.63, 3.8) is 0 Å². The van der Waals surface area contributed by atoms with Crippen LogP contribution in [-0.2, 0) is 11.2 Å². The number of hydrogen-bond donors (Lipinski definition) is 1. The summed E-state index contributed by atoms with van der Waals surface area (Å²) in [6.45, 7) is 6.79. The van der Waals surface area contributed by atoms with Gasteiger partial charge in [-0.3, -0.25) is 0 Å². The number of methoxy groups -OCH3 is 2. The highest BCUT2D eigenvalue weighted by molar-refractivity contribution is 5.33. The Labute approximate surface area is 122 Å². The van der Waals surface area contributed by atoms with Crippen LogP contribution in [0.2, 0.25) is 0 Å². The molecule has 3 unspecified atom stereocenters. The van der Waals surface area contributed by atoms with E-state index < -0.39 is 0 Å². The summed E-state index contributed by atoms with van der Waals surface area (Å²) >= 11 is 0. The Morgan fingerprint density at radius 2 is 2.00 bits per heavy atom. The molecule has 3 nitrogen and oxygen atoms in total. The fourth-order valence-electron chi connectivity index (χ4n) is 3.17. The number of hydrogen-bond acceptors (Lipinski definition) is 3. The molecule has 112 valence electrons. The standard InChI is InChI=1S/C17H27NO2/c1-12(10-13-8-6-7-9-14(13)19-4)18-15-11-16(20-5)17(15,2)3/h6-9,12,15-16,18H,10-11H2,1-5H3. The van der Waals surface area contributed by atoms with Crippen molar-refractivity contribution in [1.82, 2.24) is 5.32 Å². The third-order valence-electron chi connectivity index (χ3n) is 4.67. The maximum atomic E-state index is 5.51. The van der Waals surface area contributed by atoms with Gasteiger partial charge in [0.15, 0.2) is 0 Å². The first-order valence-electron chi connectivity index (χ1n) is 7.39. The average Bonchev–Trinajstić information content (AvgIpc) is 2.43. The minimum atomic E-state index is 0.212. The molecule has 0 aliphatic heterocycles. The molecule has 0 amide bonds. The number of para-hydroxylation sites is 1. The highest BCUT2D eigenvalue weighted by Gasteiger charge is 2.48. The predicted octanol–water partition coefficient (Wildman–Crippen LogP) is 3.03. The topological polar surface area (TPSA) is 30.5 Å². The van der Waals surface area contributed by atoms with Crippen LogP contribution < -0.4 is 10.1 Å². The molecule has 1 saturated carbocycles. The zero-order valence-corrected chi connectivity index (χ0v) is 13.3. The molecule has 0 heterocycles. The average molecular weight is 277 g/mol. The van der Waals surface area contributed by atoms with Crippen LogP contribution in [0.3, 0.4) is 0 Å². The van der Waals surface area contributed by atoms with E-state index in [4.69, 9.17) is 9.47 Å². The Morgan fingerprint density at radius 1 is 1.30 bits per heavy atom. The van der Waals surface area contributed by atoms with E-state index in [1.807, 2.05) is 12.1 Å². The summed E-state index contributed by atoms with van der Waals surface area (Å²) < 4.78 is 10.9. The Morgan fingerprint density at radius 3 is 2.60 bits per heavy atom. The fourth-order valence-corrected chi connectivity index (χ4v) is 3.17. The first-order chi connectivity index (χ1) is 9.48. The normalized spacial score (nSPS) is 25.9. The highest BCUT2D eigenvalue weighted by atomic mass is 16.5. The molecule has 1 aromatic rings. The van der Waals surface area contributed by atoms with Crippen molar-refractivity contribution in [3.05, 3.63) is 29.8 Å². The minimum absolute atomic E-state index is 0.212. The van der Waals surface area contributed by atoms with Crippen LogP contribution in [0.25, 0.3) is 0 Å². The van der Waals surface area contributed by atoms with Gasteiger partial charge in [-0.1, -0.05) is 32.0 Å². The lowest BCUT2D eigenvalue weighted by Gasteiger charge is -2.52. The molecular weight excluding hydrogens is 250 g/mol. The van der Waals surface area contributed by atoms with Crippen LogP contribution in [0.15, 0.2) is 24.3 Å². The lowest BCUT2D eigenvalue weighted by Crippen LogP contribution is -2.62. The first kappa shape index (κ1) is 15.3. The van der Waals surface area contributed by atoms with E-state index in [1.165, 1.54) is 5.56 Å². The smallest absolute Gasteiger partial charge is 0.122 e. The minimum Gasteiger partial charge on any atom is -0.496 e. The van der Waals surface area contributed by atoms with Gasteiger partial charge in [0.25, 0.3) is 0 Å². The van der Waals surface area contributed by atoms with Crippen molar-refractivity contribution in [3.8, 4) is 5.75 Å². The van der Waals surface area contributed by atoms with Crippen LogP contribution in [0.5, 0.6) is 5.75 Å². The molecule has 1 aromatic carbocycles. The van der Waals surface area contributed by atoms with Gasteiger partial charge in [0, 0.05) is 24.6 Å². The Hall–Kier alpha value is -1.06. The molecule has 20 heavy (non-hydrogen) atoms. The largest absolute Gasteiger partial charge is 0.496 e. The lowest BCUT2D eigenvalue weighted by atomic mass is 9.64. The zero-order chi connectivity index (χ0) is 14.8. The zero-order valence-electron chi connectivity index (χ0n) is 13.3. The molecular formula is C17H27NO2. The van der Waals surface area contributed by atoms with Gasteiger partial charge in [0.2, 0.25) is 0 Å². The number of rotatable bonds is 6. The molecule has 2 rings (SSSR count). The third kappa shape index (κ3) is 2.99. The summed E-state index contributed by atoms with van der Waals surface area (Å²) in [6, 6.07) is 9.19. The van der Waals surface area contributed by atoms with E-state index in [9.17, 15) is 0 Å². The van der Waals surface area contributed by atoms with Gasteiger partial charge >= 0.3 is 0 Å². The Kier molecular flexibility index (Phi) is 4.71. The SMILES string of the molecule is COc1ccccc1CC(C)NC1CC(OC)C1(C)C. The molecule has 1 aliphatic rings. The van der Waals surface area contributed by atoms with Gasteiger partial charge in [-0.15, -0.1) is 0 Å². The van der Waals surface area contributed by atoms with Crippen LogP contribution in [0, 0.1) is 5.41 Å². The molecule has 0 saturated heterocycles. The van der Waals surface area contributed by atoms with E-state index in [2.05, 4.69) is 38.2 Å². The maximum Gasteiger partial charge on any atom is 0.122 e. The van der Waals surface area contributed by atoms with E-state index >= 15 is 0 Å². The lowest BCUT2D eigenvalue weighted by molar-refractivity contribution is -0.0997. The van der Waals surface area contributed by atoms with E-state index in [-0.39, 0.29) is 5.41 Å². The summed E-state index contributed by atoms with van der Waals surface area (Å²) in [5, 5.41) is 3.74. The Bertz CT molecular complexity index is 444. The molecule has 1 fully saturated rings. The van der Waals surface area contributed by atoms with Crippen molar-refractivity contribution < 1.29 is 9.47 Å². The summed E-state index contributed by atoms with van der Waals surface area (Å²) in [5.41, 5.74) is 1.47. The molecule has 1 N–H and O–H groups in total. The first-order valence-corrected chi connectivity index (χ1v) is 7.39. The summed E-state index contributed by atoms with van der Waals surface area (Å²) in [6.07, 6.45) is 2.45. The summed E-state index contributed by atoms with van der Waals surface area (Å²) in [7, 11) is 3.54. The molecule has 0 aromatic heterocycles. The summed E-state index contributed by atoms with van der Waals surface area (Å²) in [4.78, 5) is 0. The molecule has 1 aliphatic carbocycles. The van der Waals surface area contributed by atoms with Crippen molar-refractivity contribution >= 4 is 0 Å². The van der Waals surface area contributed by atoms with Crippen LogP contribution in [0.1, 0.15) is 32.8 Å². The van der Waals surface area contributed by atoms with Crippen LogP contribution in [-0.4, -0.2) is 32.4 Å². The van der Waals surface area contributed by atoms with Crippen molar-refractivity contribution in [1.29, 1.82) is 0 Å². The number of nitrogens with one attached hydrogen (secondary N) is 1. The molecule has 3 heteroatoms. The maximum absolute atomic E-state index is 5.51. The van der Waals surface area contributed by atoms with Gasteiger partial charge in [-0.2, -0.15) is 0 Å². The summed E-state index contributed by atoms with van der Waals surface area (Å²) in [5.74, 6) is 0.976. The molecule has 3 atom stereocenters. The predicted molar refractivity (Wildman–Crippen MR) is 82.3 cm³/mol. The van der Waals surface area contributed by atoms with Crippen molar-refractivity contribution in [2.75, 3.05) is 14.2 Å². The quantitative estimate of drug-likeness (QED) is 0.867. The Balaban J connectivity index is 1.92.